The van der Waals surface area contributed by atoms with E-state index in [1.165, 1.54) is 6.08 Å². The number of aliphatic hydroxyl groups is 1. The number of halogens is 1. The Kier molecular flexibility index (Phi) is 9.10. The summed E-state index contributed by atoms with van der Waals surface area (Å²) in [6, 6.07) is 5.21. The molecule has 1 N–H and O–H groups in total. The molecule has 0 aromatic heterocycles. The smallest absolute Gasteiger partial charge is 0.311 e. The van der Waals surface area contributed by atoms with Gasteiger partial charge in [0.1, 0.15) is 12.6 Å². The monoisotopic (exact) mass is 604 g/mol. The Bertz CT molecular complexity index is 1090. The molecule has 0 aliphatic carbocycles. The van der Waals surface area contributed by atoms with Gasteiger partial charge in [0.15, 0.2) is 0 Å². The van der Waals surface area contributed by atoms with Crippen molar-refractivity contribution in [2.45, 2.75) is 60.4 Å². The Hall–Kier alpha value is -2.10. The van der Waals surface area contributed by atoms with E-state index in [1.807, 2.05) is 32.0 Å². The highest BCUT2D eigenvalue weighted by atomic mass is 79.9. The van der Waals surface area contributed by atoms with Gasteiger partial charge in [-0.3, -0.25) is 14.4 Å². The van der Waals surface area contributed by atoms with Gasteiger partial charge in [0.2, 0.25) is 5.91 Å². The first-order chi connectivity index (χ1) is 18.2. The molecule has 3 aliphatic rings. The van der Waals surface area contributed by atoms with E-state index >= 15 is 0 Å². The summed E-state index contributed by atoms with van der Waals surface area (Å²) >= 11 is 5.39. The van der Waals surface area contributed by atoms with E-state index in [-0.39, 0.29) is 35.1 Å². The average Bonchev–Trinajstić information content (AvgIpc) is 3.47. The molecular weight excluding hydrogens is 568 g/mol. The van der Waals surface area contributed by atoms with Crippen molar-refractivity contribution in [2.75, 3.05) is 31.2 Å². The van der Waals surface area contributed by atoms with Crippen LogP contribution in [-0.2, 0) is 19.1 Å². The number of carbonyl (C=O) groups excluding carboxylic acids is 3. The summed E-state index contributed by atoms with van der Waals surface area (Å²) in [6.07, 6.45) is 5.89. The minimum absolute atomic E-state index is 0.0180. The molecule has 4 rings (SSSR count). The highest BCUT2D eigenvalue weighted by Crippen LogP contribution is 2.68. The molecule has 2 bridgehead atoms. The van der Waals surface area contributed by atoms with Crippen LogP contribution in [0.2, 0.25) is 0 Å². The third-order valence-corrected chi connectivity index (χ3v) is 11.2. The Morgan fingerprint density at radius 3 is 2.58 bits per heavy atom. The molecule has 9 heteroatoms. The maximum absolute atomic E-state index is 14.7. The standard InChI is InChI=1S/C29H37BrN2O5S/c1-5-13-31(23-18(3)11-10-12-19(23)4)27(35)25-29-17-20(30)24(38-29)21(28(36)37-16-6-2)22(29)26(34)32(25)14-8-7-9-15-33/h5-6,10-12,20-22,24-25,33H,1-2,7-9,13-17H2,3-4H3/t20?,21-,22-,24-,25?,29?/m0/s1. The van der Waals surface area contributed by atoms with Crippen molar-refractivity contribution >= 4 is 51.2 Å². The third kappa shape index (κ3) is 4.86. The minimum atomic E-state index is -0.738. The summed E-state index contributed by atoms with van der Waals surface area (Å²) in [7, 11) is 0. The second-order valence-corrected chi connectivity index (χ2v) is 13.1. The number of unbranched alkanes of at least 4 members (excludes halogenated alkanes) is 2. The summed E-state index contributed by atoms with van der Waals surface area (Å²) in [6.45, 7) is 12.4. The molecule has 1 aromatic rings. The van der Waals surface area contributed by atoms with Gasteiger partial charge < -0.3 is 19.6 Å². The highest BCUT2D eigenvalue weighted by Gasteiger charge is 2.76. The van der Waals surface area contributed by atoms with E-state index < -0.39 is 28.6 Å². The number of benzene rings is 1. The van der Waals surface area contributed by atoms with E-state index in [0.29, 0.717) is 32.4 Å². The fraction of sp³-hybridized carbons (Fsp3) is 0.552. The summed E-state index contributed by atoms with van der Waals surface area (Å²) in [5.41, 5.74) is 2.78. The molecule has 3 heterocycles. The second kappa shape index (κ2) is 12.0. The molecule has 0 saturated carbocycles. The van der Waals surface area contributed by atoms with E-state index in [0.717, 1.165) is 23.2 Å². The first kappa shape index (κ1) is 28.9. The number of alkyl halides is 1. The number of hydrogen-bond acceptors (Lipinski definition) is 6. The molecular formula is C29H37BrN2O5S. The first-order valence-electron chi connectivity index (χ1n) is 13.2. The number of aryl methyl sites for hydroxylation is 2. The zero-order valence-corrected chi connectivity index (χ0v) is 24.5. The molecule has 6 atom stereocenters. The lowest BCUT2D eigenvalue weighted by Gasteiger charge is -2.38. The van der Waals surface area contributed by atoms with Crippen LogP contribution >= 0.6 is 27.7 Å². The van der Waals surface area contributed by atoms with Crippen molar-refractivity contribution in [3.63, 3.8) is 0 Å². The first-order valence-corrected chi connectivity index (χ1v) is 15.0. The number of amides is 2. The number of aliphatic hydroxyl groups excluding tert-OH is 1. The minimum Gasteiger partial charge on any atom is -0.461 e. The van der Waals surface area contributed by atoms with Gasteiger partial charge in [-0.25, -0.2) is 0 Å². The van der Waals surface area contributed by atoms with Gasteiger partial charge in [0.25, 0.3) is 5.91 Å². The molecule has 7 nitrogen and oxygen atoms in total. The van der Waals surface area contributed by atoms with Gasteiger partial charge in [-0.05, 0) is 50.7 Å². The summed E-state index contributed by atoms with van der Waals surface area (Å²) in [4.78, 5) is 45.5. The number of esters is 1. The fourth-order valence-corrected chi connectivity index (χ4v) is 10.1. The number of likely N-dealkylation sites (tertiary alicyclic amines) is 1. The van der Waals surface area contributed by atoms with Crippen LogP contribution in [0.3, 0.4) is 0 Å². The van der Waals surface area contributed by atoms with Crippen LogP contribution < -0.4 is 4.90 Å². The molecule has 206 valence electrons. The predicted molar refractivity (Wildman–Crippen MR) is 154 cm³/mol. The van der Waals surface area contributed by atoms with Crippen molar-refractivity contribution in [3.8, 4) is 0 Å². The fourth-order valence-electron chi connectivity index (χ4n) is 6.53. The molecule has 1 spiro atoms. The molecule has 2 amide bonds. The van der Waals surface area contributed by atoms with E-state index in [4.69, 9.17) is 4.74 Å². The Labute approximate surface area is 237 Å². The lowest BCUT2D eigenvalue weighted by molar-refractivity contribution is -0.153. The number of ether oxygens (including phenoxy) is 1. The van der Waals surface area contributed by atoms with Gasteiger partial charge in [0.05, 0.1) is 16.6 Å². The number of carbonyl (C=O) groups is 3. The molecule has 3 fully saturated rings. The molecule has 38 heavy (non-hydrogen) atoms. The number of nitrogens with zero attached hydrogens (tertiary/aromatic N) is 2. The number of rotatable bonds is 12. The number of anilines is 1. The van der Waals surface area contributed by atoms with Crippen molar-refractivity contribution in [1.82, 2.24) is 4.90 Å². The van der Waals surface area contributed by atoms with E-state index in [9.17, 15) is 19.5 Å². The van der Waals surface area contributed by atoms with Crippen LogP contribution in [0.4, 0.5) is 5.69 Å². The van der Waals surface area contributed by atoms with Crippen LogP contribution in [0.15, 0.2) is 43.5 Å². The van der Waals surface area contributed by atoms with Crippen molar-refractivity contribution in [2.24, 2.45) is 11.8 Å². The zero-order chi connectivity index (χ0) is 27.6. The quantitative estimate of drug-likeness (QED) is 0.167. The maximum atomic E-state index is 14.7. The van der Waals surface area contributed by atoms with Gasteiger partial charge in [0, 0.05) is 35.5 Å². The van der Waals surface area contributed by atoms with Crippen molar-refractivity contribution in [1.29, 1.82) is 0 Å². The Morgan fingerprint density at radius 1 is 1.24 bits per heavy atom. The summed E-state index contributed by atoms with van der Waals surface area (Å²) < 4.78 is 4.72. The summed E-state index contributed by atoms with van der Waals surface area (Å²) in [5.74, 6) is -1.95. The number of para-hydroxylation sites is 1. The lowest BCUT2D eigenvalue weighted by Crippen LogP contribution is -2.56. The summed E-state index contributed by atoms with van der Waals surface area (Å²) in [5, 5.41) is 9.10. The number of thioether (sulfide) groups is 1. The van der Waals surface area contributed by atoms with Crippen molar-refractivity contribution < 1.29 is 24.2 Å². The normalized spacial score (nSPS) is 29.3. The van der Waals surface area contributed by atoms with E-state index in [2.05, 4.69) is 29.1 Å². The van der Waals surface area contributed by atoms with Crippen LogP contribution in [0.5, 0.6) is 0 Å². The predicted octanol–water partition coefficient (Wildman–Crippen LogP) is 4.18. The van der Waals surface area contributed by atoms with Crippen LogP contribution in [-0.4, -0.2) is 75.0 Å². The molecule has 3 unspecified atom stereocenters. The number of fused-ring (bicyclic) bond motifs is 1. The van der Waals surface area contributed by atoms with E-state index in [1.54, 1.807) is 27.6 Å². The third-order valence-electron chi connectivity index (χ3n) is 7.98. The average molecular weight is 606 g/mol. The highest BCUT2D eigenvalue weighted by molar-refractivity contribution is 9.09. The van der Waals surface area contributed by atoms with Gasteiger partial charge >= 0.3 is 5.97 Å². The van der Waals surface area contributed by atoms with Crippen molar-refractivity contribution in [3.05, 3.63) is 54.6 Å². The van der Waals surface area contributed by atoms with Crippen LogP contribution in [0.25, 0.3) is 0 Å². The molecule has 1 aromatic carbocycles. The topological polar surface area (TPSA) is 87.1 Å². The van der Waals surface area contributed by atoms with Gasteiger partial charge in [-0.15, -0.1) is 18.3 Å². The van der Waals surface area contributed by atoms with Gasteiger partial charge in [-0.1, -0.05) is 52.9 Å². The SMILES string of the molecule is C=CCOC(=O)[C@H]1[C@H]2C(=O)N(CCCCCO)C(C(=O)N(CC=C)c3c(C)cccc3C)C23CC(Br)[C@@H]1S3. The van der Waals surface area contributed by atoms with Crippen LogP contribution in [0.1, 0.15) is 36.8 Å². The zero-order valence-electron chi connectivity index (χ0n) is 22.1. The Morgan fingerprint density at radius 2 is 1.95 bits per heavy atom. The van der Waals surface area contributed by atoms with Gasteiger partial charge in [-0.2, -0.15) is 0 Å². The molecule has 3 saturated heterocycles. The molecule has 3 aliphatic heterocycles. The number of hydrogen-bond donors (Lipinski definition) is 1. The maximum Gasteiger partial charge on any atom is 0.311 e. The molecule has 0 radical (unpaired) electrons. The second-order valence-electron chi connectivity index (χ2n) is 10.4. The van der Waals surface area contributed by atoms with Crippen LogP contribution in [0, 0.1) is 25.7 Å². The Balaban J connectivity index is 1.78. The largest absolute Gasteiger partial charge is 0.461 e. The lowest BCUT2D eigenvalue weighted by atomic mass is 9.71.